The summed E-state index contributed by atoms with van der Waals surface area (Å²) in [5, 5.41) is 22.7. The maximum Gasteiger partial charge on any atom is 0.255 e. The summed E-state index contributed by atoms with van der Waals surface area (Å²) in [6.45, 7) is 4.23. The summed E-state index contributed by atoms with van der Waals surface area (Å²) >= 11 is 7.67. The maximum absolute atomic E-state index is 13.3. The van der Waals surface area contributed by atoms with Gasteiger partial charge in [0.05, 0.1) is 55.8 Å². The minimum absolute atomic E-state index is 0.0448. The van der Waals surface area contributed by atoms with E-state index in [2.05, 4.69) is 41.9 Å². The van der Waals surface area contributed by atoms with Crippen LogP contribution >= 0.6 is 22.9 Å². The van der Waals surface area contributed by atoms with Gasteiger partial charge >= 0.3 is 0 Å². The number of halogens is 1. The number of likely N-dealkylation sites (N-methyl/N-ethyl adjacent to an activating group) is 1. The molecule has 21 nitrogen and oxygen atoms in total. The highest BCUT2D eigenvalue weighted by molar-refractivity contribution is 7.16. The molecule has 6 amide bonds. The second-order valence-electron chi connectivity index (χ2n) is 15.8. The third-order valence-electron chi connectivity index (χ3n) is 11.5. The van der Waals surface area contributed by atoms with E-state index >= 15 is 0 Å². The zero-order chi connectivity index (χ0) is 47.2. The van der Waals surface area contributed by atoms with Crippen LogP contribution in [-0.2, 0) is 50.1 Å². The molecule has 2 aromatic carbocycles. The van der Waals surface area contributed by atoms with E-state index in [1.54, 1.807) is 65.4 Å². The summed E-state index contributed by atoms with van der Waals surface area (Å²) in [5.74, 6) is -0.698. The molecule has 6 heterocycles. The van der Waals surface area contributed by atoms with Crippen molar-refractivity contribution in [3.8, 4) is 5.75 Å². The number of benzene rings is 2. The van der Waals surface area contributed by atoms with Gasteiger partial charge in [-0.2, -0.15) is 4.98 Å². The zero-order valence-corrected chi connectivity index (χ0v) is 38.4. The number of imide groups is 1. The van der Waals surface area contributed by atoms with Gasteiger partial charge in [-0.15, -0.1) is 16.4 Å². The molecule has 0 radical (unpaired) electrons. The lowest BCUT2D eigenvalue weighted by Gasteiger charge is -2.40. The van der Waals surface area contributed by atoms with E-state index in [-0.39, 0.29) is 68.7 Å². The number of rotatable bonds is 19. The van der Waals surface area contributed by atoms with Crippen LogP contribution in [0.5, 0.6) is 5.75 Å². The Morgan fingerprint density at radius 3 is 2.69 bits per heavy atom. The van der Waals surface area contributed by atoms with E-state index in [0.29, 0.717) is 87.9 Å². The van der Waals surface area contributed by atoms with Gasteiger partial charge in [0, 0.05) is 60.4 Å². The predicted octanol–water partition coefficient (Wildman–Crippen LogP) is 3.23. The van der Waals surface area contributed by atoms with E-state index in [9.17, 15) is 28.8 Å². The molecule has 0 aliphatic carbocycles. The normalized spacial score (nSPS) is 16.7. The third kappa shape index (κ3) is 10.5. The first-order valence-electron chi connectivity index (χ1n) is 21.5. The largest absolute Gasteiger partial charge is 0.495 e. The number of hydrogen-bond donors (Lipinski definition) is 5. The summed E-state index contributed by atoms with van der Waals surface area (Å²) < 4.78 is 13.5. The van der Waals surface area contributed by atoms with Crippen LogP contribution in [0.25, 0.3) is 0 Å². The zero-order valence-electron chi connectivity index (χ0n) is 36.8. The second kappa shape index (κ2) is 20.7. The van der Waals surface area contributed by atoms with Crippen LogP contribution in [0.4, 0.5) is 28.8 Å². The number of aromatic nitrogens is 5. The fourth-order valence-corrected chi connectivity index (χ4v) is 9.14. The summed E-state index contributed by atoms with van der Waals surface area (Å²) in [7, 11) is 3.22. The summed E-state index contributed by atoms with van der Waals surface area (Å²) in [5.41, 5.74) is 3.50. The number of thiophene rings is 1. The lowest BCUT2D eigenvalue weighted by atomic mass is 10.0. The van der Waals surface area contributed by atoms with Crippen LogP contribution in [0.15, 0.2) is 60.9 Å². The molecule has 8 rings (SSSR count). The van der Waals surface area contributed by atoms with E-state index in [1.165, 1.54) is 23.3 Å². The standard InChI is InChI=1S/C44H48ClN13O8S/c1-4-32-43(64)55(2)34-20-48-44(52-39(34)57(32)22-27-9-12-36(45)67-27)50-31-10-8-25(18-35(31)65-3)40(61)47-19-26-21-56(54-53-26)16-14-46-15-17-66-24-38(60)49-30-7-5-6-28-29(30)23-58(42(28)63)33-11-13-37(59)51-41(33)62/h5-10,12,18,20-21,32-33,46H,4,11,13-17,19,22-24H2,1-3H3,(H,47,61)(H,49,60)(H,48,50,52)(H,51,59,62)/t32-,33?/m1/s1. The molecule has 3 aliphatic heterocycles. The lowest BCUT2D eigenvalue weighted by Crippen LogP contribution is -2.52. The van der Waals surface area contributed by atoms with Crippen LogP contribution in [-0.4, -0.2) is 118 Å². The molecule has 5 N–H and O–H groups in total. The maximum atomic E-state index is 13.3. The van der Waals surface area contributed by atoms with Crippen molar-refractivity contribution < 1.29 is 38.2 Å². The van der Waals surface area contributed by atoms with Crippen molar-refractivity contribution in [3.05, 3.63) is 92.5 Å². The Morgan fingerprint density at radius 2 is 1.91 bits per heavy atom. The Bertz CT molecular complexity index is 2710. The summed E-state index contributed by atoms with van der Waals surface area (Å²) in [6.07, 6.45) is 4.32. The first kappa shape index (κ1) is 46.5. The van der Waals surface area contributed by atoms with Crippen LogP contribution < -0.4 is 41.1 Å². The number of carbonyl (C=O) groups excluding carboxylic acids is 6. The number of anilines is 5. The van der Waals surface area contributed by atoms with Crippen LogP contribution in [0.2, 0.25) is 4.34 Å². The minimum atomic E-state index is -0.752. The fourth-order valence-electron chi connectivity index (χ4n) is 8.06. The number of nitrogens with zero attached hydrogens (tertiary/aromatic N) is 8. The average molecular weight is 954 g/mol. The molecule has 0 spiro atoms. The number of ether oxygens (including phenoxy) is 2. The molecule has 1 unspecified atom stereocenters. The quantitative estimate of drug-likeness (QED) is 0.0589. The van der Waals surface area contributed by atoms with Gasteiger partial charge in [-0.05, 0) is 55.3 Å². The molecule has 3 aliphatic rings. The number of piperidine rings is 1. The Balaban J connectivity index is 0.761. The van der Waals surface area contributed by atoms with Crippen molar-refractivity contribution in [1.82, 2.24) is 45.8 Å². The van der Waals surface area contributed by atoms with E-state index in [1.807, 2.05) is 24.0 Å². The number of fused-ring (bicyclic) bond motifs is 2. The fraction of sp³-hybridized carbons (Fsp3) is 0.364. The second-order valence-corrected chi connectivity index (χ2v) is 17.6. The van der Waals surface area contributed by atoms with Gasteiger partial charge in [-0.25, -0.2) is 4.98 Å². The van der Waals surface area contributed by atoms with Crippen LogP contribution in [0, 0.1) is 0 Å². The van der Waals surface area contributed by atoms with Gasteiger partial charge in [0.1, 0.15) is 35.8 Å². The van der Waals surface area contributed by atoms with Crippen LogP contribution in [0.3, 0.4) is 0 Å². The minimum Gasteiger partial charge on any atom is -0.495 e. The number of hydrogen-bond acceptors (Lipinski definition) is 16. The molecule has 67 heavy (non-hydrogen) atoms. The molecule has 2 atom stereocenters. The lowest BCUT2D eigenvalue weighted by molar-refractivity contribution is -0.137. The van der Waals surface area contributed by atoms with Crippen molar-refractivity contribution in [1.29, 1.82) is 0 Å². The molecule has 350 valence electrons. The highest BCUT2D eigenvalue weighted by Crippen LogP contribution is 2.38. The first-order valence-corrected chi connectivity index (χ1v) is 22.7. The molecule has 1 saturated heterocycles. The molecule has 0 bridgehead atoms. The van der Waals surface area contributed by atoms with Gasteiger partial charge in [0.2, 0.25) is 29.6 Å². The summed E-state index contributed by atoms with van der Waals surface area (Å²) in [4.78, 5) is 91.6. The number of methoxy groups -OCH3 is 1. The Hall–Kier alpha value is -7.01. The molecule has 1 fully saturated rings. The van der Waals surface area contributed by atoms with Crippen molar-refractivity contribution in [2.75, 3.05) is 60.9 Å². The monoisotopic (exact) mass is 953 g/mol. The highest BCUT2D eigenvalue weighted by atomic mass is 35.5. The van der Waals surface area contributed by atoms with E-state index in [4.69, 9.17) is 26.1 Å². The molecule has 5 aromatic rings. The van der Waals surface area contributed by atoms with Gasteiger partial charge in [0.25, 0.3) is 11.8 Å². The molecule has 3 aromatic heterocycles. The van der Waals surface area contributed by atoms with Gasteiger partial charge in [-0.1, -0.05) is 29.8 Å². The van der Waals surface area contributed by atoms with Gasteiger partial charge in [-0.3, -0.25) is 38.8 Å². The predicted molar refractivity (Wildman–Crippen MR) is 247 cm³/mol. The molecule has 0 saturated carbocycles. The first-order chi connectivity index (χ1) is 32.4. The Labute approximate surface area is 393 Å². The van der Waals surface area contributed by atoms with Gasteiger partial charge < -0.3 is 45.4 Å². The Kier molecular flexibility index (Phi) is 14.3. The topological polar surface area (TPSA) is 247 Å². The average Bonchev–Trinajstić information content (AvgIpc) is 4.05. The number of carbonyl (C=O) groups is 6. The van der Waals surface area contributed by atoms with Gasteiger partial charge in [0.15, 0.2) is 5.82 Å². The van der Waals surface area contributed by atoms with E-state index < -0.39 is 23.9 Å². The number of nitrogens with one attached hydrogen (secondary N) is 5. The third-order valence-corrected chi connectivity index (χ3v) is 12.7. The van der Waals surface area contributed by atoms with Crippen LogP contribution in [0.1, 0.15) is 63.0 Å². The van der Waals surface area contributed by atoms with E-state index in [0.717, 1.165) is 4.88 Å². The Morgan fingerprint density at radius 1 is 1.06 bits per heavy atom. The van der Waals surface area contributed by atoms with Crippen molar-refractivity contribution in [3.63, 3.8) is 0 Å². The molecular formula is C44H48ClN13O8S. The number of amides is 6. The SMILES string of the molecule is CC[C@@H]1C(=O)N(C)c2cnc(Nc3ccc(C(=O)NCc4cn(CCNCCOCC(=O)Nc5cccc6c5CN(C5CCC(=O)NC5=O)C6=O)nn4)cc3OC)nc2N1Cc1ccc(Cl)s1. The van der Waals surface area contributed by atoms with Crippen molar-refractivity contribution in [2.24, 2.45) is 0 Å². The molecule has 23 heteroatoms. The highest BCUT2D eigenvalue weighted by Gasteiger charge is 2.40. The molecular weight excluding hydrogens is 906 g/mol. The smallest absolute Gasteiger partial charge is 0.255 e. The van der Waals surface area contributed by atoms with Crippen molar-refractivity contribution in [2.45, 2.75) is 64.4 Å². The summed E-state index contributed by atoms with van der Waals surface area (Å²) in [6, 6.07) is 12.6. The van der Waals surface area contributed by atoms with Crippen molar-refractivity contribution >= 4 is 87.2 Å².